The van der Waals surface area contributed by atoms with Crippen LogP contribution in [0, 0.1) is 20.8 Å². The minimum atomic E-state index is -4.13. The molecule has 2 N–H and O–H groups in total. The minimum absolute atomic E-state index is 0.0188. The van der Waals surface area contributed by atoms with E-state index < -0.39 is 15.9 Å². The number of Topliss-reactive ketones (excluding diaryl/α,β-unsaturated/α-hetero) is 1. The van der Waals surface area contributed by atoms with Gasteiger partial charge in [0.15, 0.2) is 5.78 Å². The summed E-state index contributed by atoms with van der Waals surface area (Å²) in [7, 11) is -4.13. The standard InChI is InChI=1S/C20H20BrN3O5S2/c1-5-14(25)13-9-10(2)8-11(3)17(13)22-19(26)18-15(6-7-30-18)31(27,28)24-20-16(21)12(4)23-29-20/h6-9,24H,5H2,1-4H3,(H,22,26). The molecule has 3 rings (SSSR count). The molecule has 164 valence electrons. The number of carbonyl (C=O) groups is 2. The number of nitrogens with zero attached hydrogens (tertiary/aromatic N) is 1. The van der Waals surface area contributed by atoms with Gasteiger partial charge in [-0.1, -0.05) is 18.1 Å². The van der Waals surface area contributed by atoms with Crippen LogP contribution >= 0.6 is 27.3 Å². The van der Waals surface area contributed by atoms with Gasteiger partial charge in [-0.2, -0.15) is 0 Å². The van der Waals surface area contributed by atoms with Gasteiger partial charge in [-0.25, -0.2) is 13.1 Å². The highest BCUT2D eigenvalue weighted by molar-refractivity contribution is 9.10. The van der Waals surface area contributed by atoms with Crippen molar-refractivity contribution in [2.24, 2.45) is 0 Å². The molecule has 0 radical (unpaired) electrons. The zero-order valence-corrected chi connectivity index (χ0v) is 20.4. The van der Waals surface area contributed by atoms with Gasteiger partial charge in [0.05, 0.1) is 11.4 Å². The third kappa shape index (κ3) is 4.73. The van der Waals surface area contributed by atoms with Gasteiger partial charge in [-0.15, -0.1) is 11.3 Å². The Balaban J connectivity index is 1.95. The predicted octanol–water partition coefficient (Wildman–Crippen LogP) is 5.07. The molecule has 0 atom stereocenters. The van der Waals surface area contributed by atoms with Gasteiger partial charge in [0.1, 0.15) is 14.2 Å². The van der Waals surface area contributed by atoms with Crippen molar-refractivity contribution in [3.8, 4) is 0 Å². The van der Waals surface area contributed by atoms with Crippen LogP contribution in [0.15, 0.2) is 37.5 Å². The summed E-state index contributed by atoms with van der Waals surface area (Å²) in [5, 5.41) is 7.92. The first kappa shape index (κ1) is 23.2. The van der Waals surface area contributed by atoms with Crippen LogP contribution < -0.4 is 10.0 Å². The van der Waals surface area contributed by atoms with Crippen LogP contribution in [0.5, 0.6) is 0 Å². The van der Waals surface area contributed by atoms with Crippen molar-refractivity contribution in [2.75, 3.05) is 10.0 Å². The Bertz CT molecular complexity index is 1280. The number of anilines is 2. The Kier molecular flexibility index (Phi) is 6.68. The first-order chi connectivity index (χ1) is 14.5. The second-order valence-corrected chi connectivity index (χ2v) is 10.2. The molecule has 2 aromatic heterocycles. The second kappa shape index (κ2) is 8.93. The van der Waals surface area contributed by atoms with Crippen LogP contribution in [0.1, 0.15) is 50.2 Å². The highest BCUT2D eigenvalue weighted by Gasteiger charge is 2.27. The summed E-state index contributed by atoms with van der Waals surface area (Å²) in [6.07, 6.45) is 0.278. The third-order valence-corrected chi connectivity index (χ3v) is 7.83. The molecule has 0 aliphatic carbocycles. The van der Waals surface area contributed by atoms with Gasteiger partial charge >= 0.3 is 0 Å². The zero-order chi connectivity index (χ0) is 22.9. The maximum atomic E-state index is 13.0. The molecule has 8 nitrogen and oxygen atoms in total. The molecule has 0 unspecified atom stereocenters. The average Bonchev–Trinajstić information content (AvgIpc) is 3.32. The van der Waals surface area contributed by atoms with Crippen molar-refractivity contribution in [2.45, 2.75) is 39.0 Å². The van der Waals surface area contributed by atoms with E-state index >= 15 is 0 Å². The van der Waals surface area contributed by atoms with Crippen LogP contribution in [-0.2, 0) is 10.0 Å². The van der Waals surface area contributed by atoms with E-state index in [1.165, 1.54) is 11.4 Å². The molecular formula is C20H20BrN3O5S2. The molecule has 0 aliphatic rings. The normalized spacial score (nSPS) is 11.4. The molecule has 0 aliphatic heterocycles. The monoisotopic (exact) mass is 525 g/mol. The number of aryl methyl sites for hydroxylation is 3. The molecule has 31 heavy (non-hydrogen) atoms. The van der Waals surface area contributed by atoms with Crippen molar-refractivity contribution in [3.63, 3.8) is 0 Å². The number of nitrogens with one attached hydrogen (secondary N) is 2. The van der Waals surface area contributed by atoms with Crippen molar-refractivity contribution >= 4 is 60.6 Å². The maximum absolute atomic E-state index is 13.0. The minimum Gasteiger partial charge on any atom is -0.336 e. The third-order valence-electron chi connectivity index (χ3n) is 4.48. The fourth-order valence-electron chi connectivity index (χ4n) is 2.99. The van der Waals surface area contributed by atoms with Crippen LogP contribution in [0.3, 0.4) is 0 Å². The van der Waals surface area contributed by atoms with E-state index in [-0.39, 0.29) is 27.9 Å². The van der Waals surface area contributed by atoms with E-state index in [1.54, 1.807) is 26.8 Å². The molecule has 0 fully saturated rings. The van der Waals surface area contributed by atoms with Crippen LogP contribution in [0.25, 0.3) is 0 Å². The number of hydrogen-bond donors (Lipinski definition) is 2. The summed E-state index contributed by atoms with van der Waals surface area (Å²) in [5.41, 5.74) is 2.85. The Morgan fingerprint density at radius 1 is 1.23 bits per heavy atom. The first-order valence-corrected chi connectivity index (χ1v) is 12.4. The Labute approximate surface area is 192 Å². The highest BCUT2D eigenvalue weighted by Crippen LogP contribution is 2.31. The topological polar surface area (TPSA) is 118 Å². The Morgan fingerprint density at radius 2 is 1.94 bits per heavy atom. The number of aromatic nitrogens is 1. The molecule has 2 heterocycles. The van der Waals surface area contributed by atoms with Gasteiger partial charge in [-0.3, -0.25) is 9.59 Å². The lowest BCUT2D eigenvalue weighted by Gasteiger charge is -2.14. The number of amides is 1. The Morgan fingerprint density at radius 3 is 2.55 bits per heavy atom. The predicted molar refractivity (Wildman–Crippen MR) is 123 cm³/mol. The van der Waals surface area contributed by atoms with Crippen LogP contribution in [-0.4, -0.2) is 25.3 Å². The number of ketones is 1. The van der Waals surface area contributed by atoms with Gasteiger partial charge in [0.25, 0.3) is 21.8 Å². The number of halogens is 1. The fraction of sp³-hybridized carbons (Fsp3) is 0.250. The van der Waals surface area contributed by atoms with Crippen LogP contribution in [0.4, 0.5) is 11.6 Å². The van der Waals surface area contributed by atoms with E-state index in [1.807, 2.05) is 13.0 Å². The second-order valence-electron chi connectivity index (χ2n) is 6.87. The highest BCUT2D eigenvalue weighted by atomic mass is 79.9. The number of thiophene rings is 1. The smallest absolute Gasteiger partial charge is 0.267 e. The molecule has 0 saturated carbocycles. The lowest BCUT2D eigenvalue weighted by atomic mass is 9.99. The number of sulfonamides is 1. The molecule has 0 bridgehead atoms. The molecular weight excluding hydrogens is 506 g/mol. The molecule has 0 spiro atoms. The van der Waals surface area contributed by atoms with Crippen molar-refractivity contribution < 1.29 is 22.5 Å². The van der Waals surface area contributed by atoms with Crippen molar-refractivity contribution in [3.05, 3.63) is 55.3 Å². The zero-order valence-electron chi connectivity index (χ0n) is 17.2. The SMILES string of the molecule is CCC(=O)c1cc(C)cc(C)c1NC(=O)c1sccc1S(=O)(=O)Nc1onc(C)c1Br. The first-order valence-electron chi connectivity index (χ1n) is 9.23. The van der Waals surface area contributed by atoms with Crippen LogP contribution in [0.2, 0.25) is 0 Å². The summed E-state index contributed by atoms with van der Waals surface area (Å²) < 4.78 is 33.4. The summed E-state index contributed by atoms with van der Waals surface area (Å²) in [6, 6.07) is 4.89. The number of carbonyl (C=O) groups excluding carboxylic acids is 2. The van der Waals surface area contributed by atoms with Gasteiger partial charge in [0, 0.05) is 12.0 Å². The fourth-order valence-corrected chi connectivity index (χ4v) is 5.68. The van der Waals surface area contributed by atoms with Crippen molar-refractivity contribution in [1.29, 1.82) is 0 Å². The van der Waals surface area contributed by atoms with E-state index in [2.05, 4.69) is 31.1 Å². The van der Waals surface area contributed by atoms with E-state index in [0.29, 0.717) is 27.0 Å². The quantitative estimate of drug-likeness (QED) is 0.415. The average molecular weight is 526 g/mol. The Hall–Kier alpha value is -2.50. The summed E-state index contributed by atoms with van der Waals surface area (Å²) >= 11 is 4.19. The lowest BCUT2D eigenvalue weighted by molar-refractivity contribution is 0.0989. The van der Waals surface area contributed by atoms with E-state index in [9.17, 15) is 18.0 Å². The summed E-state index contributed by atoms with van der Waals surface area (Å²) in [4.78, 5) is 25.2. The summed E-state index contributed by atoms with van der Waals surface area (Å²) in [5.74, 6) is -0.825. The van der Waals surface area contributed by atoms with E-state index in [0.717, 1.165) is 16.9 Å². The van der Waals surface area contributed by atoms with Crippen molar-refractivity contribution in [1.82, 2.24) is 5.16 Å². The molecule has 1 aromatic carbocycles. The number of hydrogen-bond acceptors (Lipinski definition) is 7. The largest absolute Gasteiger partial charge is 0.336 e. The van der Waals surface area contributed by atoms with E-state index in [4.69, 9.17) is 4.52 Å². The molecule has 3 aromatic rings. The molecule has 11 heteroatoms. The lowest BCUT2D eigenvalue weighted by Crippen LogP contribution is -2.20. The summed E-state index contributed by atoms with van der Waals surface area (Å²) in [6.45, 7) is 7.04. The number of rotatable bonds is 7. The maximum Gasteiger partial charge on any atom is 0.267 e. The number of benzene rings is 1. The van der Waals surface area contributed by atoms with Gasteiger partial charge in [0.2, 0.25) is 0 Å². The van der Waals surface area contributed by atoms with Gasteiger partial charge in [-0.05, 0) is 65.3 Å². The molecule has 1 amide bonds. The van der Waals surface area contributed by atoms with Gasteiger partial charge < -0.3 is 9.84 Å². The molecule has 0 saturated heterocycles.